The molecule has 0 aromatic heterocycles. The number of ether oxygens (including phenoxy) is 2. The Balaban J connectivity index is 2.09. The van der Waals surface area contributed by atoms with Crippen LogP contribution in [0.4, 0.5) is 0 Å². The van der Waals surface area contributed by atoms with Gasteiger partial charge in [-0.3, -0.25) is 0 Å². The molecular formula is C17H18O3. The third-order valence-corrected chi connectivity index (χ3v) is 3.09. The molecule has 0 N–H and O–H groups in total. The number of hydrogen-bond acceptors (Lipinski definition) is 3. The van der Waals surface area contributed by atoms with E-state index in [9.17, 15) is 4.79 Å². The summed E-state index contributed by atoms with van der Waals surface area (Å²) in [7, 11) is 0. The minimum absolute atomic E-state index is 0.365. The second-order valence-electron chi connectivity index (χ2n) is 4.59. The minimum atomic E-state index is -0.365. The van der Waals surface area contributed by atoms with Crippen molar-refractivity contribution in [3.8, 4) is 11.5 Å². The Labute approximate surface area is 119 Å². The number of carbonyl (C=O) groups excluding carboxylic acids is 1. The third kappa shape index (κ3) is 3.38. The van der Waals surface area contributed by atoms with Gasteiger partial charge in [-0.2, -0.15) is 0 Å². The first-order valence-corrected chi connectivity index (χ1v) is 6.62. The quantitative estimate of drug-likeness (QED) is 0.624. The lowest BCUT2D eigenvalue weighted by molar-refractivity contribution is 0.0734. The summed E-state index contributed by atoms with van der Waals surface area (Å²) in [5.41, 5.74) is 2.78. The minimum Gasteiger partial charge on any atom is -0.494 e. The maximum absolute atomic E-state index is 12.0. The Morgan fingerprint density at radius 1 is 0.950 bits per heavy atom. The summed E-state index contributed by atoms with van der Waals surface area (Å²) in [4.78, 5) is 12.0. The van der Waals surface area contributed by atoms with Crippen molar-refractivity contribution in [2.45, 2.75) is 20.8 Å². The van der Waals surface area contributed by atoms with Crippen LogP contribution in [0, 0.1) is 13.8 Å². The predicted molar refractivity (Wildman–Crippen MR) is 78.5 cm³/mol. The third-order valence-electron chi connectivity index (χ3n) is 3.09. The first kappa shape index (κ1) is 14.1. The fourth-order valence-electron chi connectivity index (χ4n) is 1.80. The Morgan fingerprint density at radius 2 is 1.60 bits per heavy atom. The molecule has 20 heavy (non-hydrogen) atoms. The van der Waals surface area contributed by atoms with Gasteiger partial charge in [0.2, 0.25) is 0 Å². The van der Waals surface area contributed by atoms with Crippen LogP contribution in [0.25, 0.3) is 0 Å². The zero-order valence-corrected chi connectivity index (χ0v) is 12.0. The highest BCUT2D eigenvalue weighted by Gasteiger charge is 2.09. The largest absolute Gasteiger partial charge is 0.494 e. The van der Waals surface area contributed by atoms with Crippen molar-refractivity contribution >= 4 is 5.97 Å². The topological polar surface area (TPSA) is 35.5 Å². The molecule has 0 spiro atoms. The molecule has 0 atom stereocenters. The molecule has 0 unspecified atom stereocenters. The standard InChI is InChI=1S/C17H18O3/c1-4-19-15-9-6-14(7-10-15)17(18)20-16-8-5-12(2)13(3)11-16/h5-11H,4H2,1-3H3. The summed E-state index contributed by atoms with van der Waals surface area (Å²) in [6.07, 6.45) is 0. The summed E-state index contributed by atoms with van der Waals surface area (Å²) in [5.74, 6) is 0.943. The van der Waals surface area contributed by atoms with E-state index >= 15 is 0 Å². The monoisotopic (exact) mass is 270 g/mol. The van der Waals surface area contributed by atoms with Crippen molar-refractivity contribution in [1.29, 1.82) is 0 Å². The summed E-state index contributed by atoms with van der Waals surface area (Å²) >= 11 is 0. The molecule has 0 saturated heterocycles. The highest BCUT2D eigenvalue weighted by molar-refractivity contribution is 5.91. The molecule has 0 aliphatic rings. The number of benzene rings is 2. The van der Waals surface area contributed by atoms with Gasteiger partial charge in [-0.25, -0.2) is 4.79 Å². The first-order valence-electron chi connectivity index (χ1n) is 6.62. The zero-order valence-electron chi connectivity index (χ0n) is 12.0. The average Bonchev–Trinajstić information content (AvgIpc) is 2.44. The number of aryl methyl sites for hydroxylation is 2. The summed E-state index contributed by atoms with van der Waals surface area (Å²) in [6.45, 7) is 6.53. The van der Waals surface area contributed by atoms with Gasteiger partial charge in [0, 0.05) is 0 Å². The van der Waals surface area contributed by atoms with Crippen LogP contribution in [0.3, 0.4) is 0 Å². The molecule has 0 bridgehead atoms. The van der Waals surface area contributed by atoms with Crippen LogP contribution < -0.4 is 9.47 Å². The van der Waals surface area contributed by atoms with Crippen molar-refractivity contribution in [3.05, 3.63) is 59.2 Å². The Morgan fingerprint density at radius 3 is 2.20 bits per heavy atom. The van der Waals surface area contributed by atoms with Gasteiger partial charge in [0.25, 0.3) is 0 Å². The molecule has 3 nitrogen and oxygen atoms in total. The van der Waals surface area contributed by atoms with E-state index in [-0.39, 0.29) is 5.97 Å². The molecule has 0 saturated carbocycles. The van der Waals surface area contributed by atoms with Gasteiger partial charge in [0.15, 0.2) is 0 Å². The lowest BCUT2D eigenvalue weighted by Gasteiger charge is -2.07. The van der Waals surface area contributed by atoms with E-state index in [1.165, 1.54) is 5.56 Å². The van der Waals surface area contributed by atoms with E-state index in [1.54, 1.807) is 30.3 Å². The van der Waals surface area contributed by atoms with Crippen molar-refractivity contribution in [2.75, 3.05) is 6.61 Å². The van der Waals surface area contributed by atoms with Crippen LogP contribution in [-0.2, 0) is 0 Å². The Kier molecular flexibility index (Phi) is 4.41. The maximum atomic E-state index is 12.0. The average molecular weight is 270 g/mol. The van der Waals surface area contributed by atoms with Crippen molar-refractivity contribution in [1.82, 2.24) is 0 Å². The van der Waals surface area contributed by atoms with Gasteiger partial charge in [0.1, 0.15) is 11.5 Å². The molecule has 2 aromatic rings. The van der Waals surface area contributed by atoms with Gasteiger partial charge in [-0.1, -0.05) is 6.07 Å². The number of carbonyl (C=O) groups is 1. The molecule has 0 aliphatic carbocycles. The van der Waals surface area contributed by atoms with Gasteiger partial charge in [-0.05, 0) is 68.3 Å². The van der Waals surface area contributed by atoms with Crippen LogP contribution >= 0.6 is 0 Å². The van der Waals surface area contributed by atoms with Crippen molar-refractivity contribution in [2.24, 2.45) is 0 Å². The number of esters is 1. The van der Waals surface area contributed by atoms with Crippen LogP contribution in [0.2, 0.25) is 0 Å². The van der Waals surface area contributed by atoms with E-state index in [0.29, 0.717) is 17.9 Å². The first-order chi connectivity index (χ1) is 9.60. The van der Waals surface area contributed by atoms with Crippen molar-refractivity contribution in [3.63, 3.8) is 0 Å². The summed E-state index contributed by atoms with van der Waals surface area (Å²) in [6, 6.07) is 12.5. The highest BCUT2D eigenvalue weighted by Crippen LogP contribution is 2.19. The maximum Gasteiger partial charge on any atom is 0.343 e. The van der Waals surface area contributed by atoms with E-state index in [2.05, 4.69) is 0 Å². The SMILES string of the molecule is CCOc1ccc(C(=O)Oc2ccc(C)c(C)c2)cc1. The van der Waals surface area contributed by atoms with E-state index < -0.39 is 0 Å². The fraction of sp³-hybridized carbons (Fsp3) is 0.235. The summed E-state index contributed by atoms with van der Waals surface area (Å²) < 4.78 is 10.7. The molecule has 0 radical (unpaired) electrons. The van der Waals surface area contributed by atoms with E-state index in [4.69, 9.17) is 9.47 Å². The van der Waals surface area contributed by atoms with E-state index in [0.717, 1.165) is 11.3 Å². The lowest BCUT2D eigenvalue weighted by Crippen LogP contribution is -2.08. The second-order valence-corrected chi connectivity index (χ2v) is 4.59. The predicted octanol–water partition coefficient (Wildman–Crippen LogP) is 3.92. The molecule has 0 amide bonds. The van der Waals surface area contributed by atoms with Crippen molar-refractivity contribution < 1.29 is 14.3 Å². The molecule has 2 rings (SSSR count). The highest BCUT2D eigenvalue weighted by atomic mass is 16.5. The van der Waals surface area contributed by atoms with Crippen LogP contribution in [0.1, 0.15) is 28.4 Å². The normalized spacial score (nSPS) is 10.2. The lowest BCUT2D eigenvalue weighted by atomic mass is 10.1. The van der Waals surface area contributed by atoms with Gasteiger partial charge < -0.3 is 9.47 Å². The van der Waals surface area contributed by atoms with Gasteiger partial charge >= 0.3 is 5.97 Å². The zero-order chi connectivity index (χ0) is 14.5. The van der Waals surface area contributed by atoms with E-state index in [1.807, 2.05) is 32.9 Å². The molecule has 2 aromatic carbocycles. The smallest absolute Gasteiger partial charge is 0.343 e. The molecule has 0 heterocycles. The van der Waals surface area contributed by atoms with Gasteiger partial charge in [-0.15, -0.1) is 0 Å². The second kappa shape index (κ2) is 6.24. The molecule has 104 valence electrons. The Hall–Kier alpha value is -2.29. The fourth-order valence-corrected chi connectivity index (χ4v) is 1.80. The van der Waals surface area contributed by atoms with Crippen LogP contribution in [0.5, 0.6) is 11.5 Å². The molecule has 0 fully saturated rings. The van der Waals surface area contributed by atoms with Crippen LogP contribution in [-0.4, -0.2) is 12.6 Å². The Bertz CT molecular complexity index is 600. The number of rotatable bonds is 4. The van der Waals surface area contributed by atoms with Gasteiger partial charge in [0.05, 0.1) is 12.2 Å². The molecule has 3 heteroatoms. The summed E-state index contributed by atoms with van der Waals surface area (Å²) in [5, 5.41) is 0. The molecule has 0 aliphatic heterocycles. The number of hydrogen-bond donors (Lipinski definition) is 0. The molecular weight excluding hydrogens is 252 g/mol. The van der Waals surface area contributed by atoms with Crippen LogP contribution in [0.15, 0.2) is 42.5 Å².